The van der Waals surface area contributed by atoms with E-state index in [1.165, 1.54) is 49.4 Å². The quantitative estimate of drug-likeness (QED) is 0.712. The normalized spacial score (nSPS) is 18.0. The van der Waals surface area contributed by atoms with Gasteiger partial charge in [0.1, 0.15) is 0 Å². The smallest absolute Gasteiger partial charge is 0.0245 e. The zero-order chi connectivity index (χ0) is 12.9. The predicted octanol–water partition coefficient (Wildman–Crippen LogP) is 5.11. The van der Waals surface area contributed by atoms with E-state index in [0.717, 1.165) is 0 Å². The Balaban J connectivity index is 2.31. The van der Waals surface area contributed by atoms with Crippen LogP contribution >= 0.6 is 15.9 Å². The second kappa shape index (κ2) is 4.37. The van der Waals surface area contributed by atoms with Crippen LogP contribution in [0.1, 0.15) is 67.9 Å². The third kappa shape index (κ3) is 1.70. The van der Waals surface area contributed by atoms with Crippen LogP contribution in [0.5, 0.6) is 0 Å². The van der Waals surface area contributed by atoms with Crippen molar-refractivity contribution in [1.82, 2.24) is 0 Å². The van der Waals surface area contributed by atoms with Crippen molar-refractivity contribution in [3.8, 4) is 0 Å². The van der Waals surface area contributed by atoms with Crippen molar-refractivity contribution in [2.24, 2.45) is 0 Å². The highest BCUT2D eigenvalue weighted by atomic mass is 79.9. The Morgan fingerprint density at radius 2 is 1.33 bits per heavy atom. The van der Waals surface area contributed by atoms with Gasteiger partial charge in [-0.2, -0.15) is 0 Å². The highest BCUT2D eigenvalue weighted by Gasteiger charge is 2.33. The van der Waals surface area contributed by atoms with Crippen LogP contribution in [0.4, 0.5) is 0 Å². The first kappa shape index (κ1) is 12.7. The van der Waals surface area contributed by atoms with Crippen molar-refractivity contribution in [3.63, 3.8) is 0 Å². The summed E-state index contributed by atoms with van der Waals surface area (Å²) in [7, 11) is 0. The van der Waals surface area contributed by atoms with Gasteiger partial charge >= 0.3 is 0 Å². The molecule has 2 aliphatic carbocycles. The lowest BCUT2D eigenvalue weighted by Gasteiger charge is -2.30. The molecule has 0 spiro atoms. The second-order valence-electron chi connectivity index (χ2n) is 6.55. The number of hydrogen-bond acceptors (Lipinski definition) is 0. The molecule has 0 amide bonds. The van der Waals surface area contributed by atoms with Crippen molar-refractivity contribution in [2.75, 3.05) is 0 Å². The van der Waals surface area contributed by atoms with Gasteiger partial charge in [-0.25, -0.2) is 0 Å². The zero-order valence-electron chi connectivity index (χ0n) is 11.8. The largest absolute Gasteiger partial charge is 0.0646 e. The molecule has 2 aliphatic rings. The van der Waals surface area contributed by atoms with Gasteiger partial charge in [-0.15, -0.1) is 0 Å². The van der Waals surface area contributed by atoms with Crippen LogP contribution in [0, 0.1) is 0 Å². The van der Waals surface area contributed by atoms with E-state index in [1.54, 1.807) is 27.8 Å². The molecule has 0 atom stereocenters. The molecule has 1 aromatic rings. The highest BCUT2D eigenvalue weighted by Crippen LogP contribution is 2.46. The van der Waals surface area contributed by atoms with E-state index < -0.39 is 0 Å². The van der Waals surface area contributed by atoms with Crippen LogP contribution in [0.25, 0.3) is 0 Å². The van der Waals surface area contributed by atoms with Gasteiger partial charge in [0.25, 0.3) is 0 Å². The first-order chi connectivity index (χ1) is 8.56. The van der Waals surface area contributed by atoms with Gasteiger partial charge in [-0.3, -0.25) is 0 Å². The Hall–Kier alpha value is -0.300. The van der Waals surface area contributed by atoms with E-state index in [9.17, 15) is 0 Å². The monoisotopic (exact) mass is 306 g/mol. The van der Waals surface area contributed by atoms with Crippen molar-refractivity contribution in [1.29, 1.82) is 0 Å². The molecular weight excluding hydrogens is 284 g/mol. The van der Waals surface area contributed by atoms with Gasteiger partial charge in [-0.05, 0) is 78.2 Å². The molecule has 0 N–H and O–H groups in total. The molecule has 1 aromatic carbocycles. The average molecular weight is 307 g/mol. The molecule has 0 saturated heterocycles. The van der Waals surface area contributed by atoms with Crippen LogP contribution in [0.15, 0.2) is 4.47 Å². The zero-order valence-corrected chi connectivity index (χ0v) is 13.4. The average Bonchev–Trinajstić information content (AvgIpc) is 2.97. The number of fused-ring (bicyclic) bond motifs is 2. The predicted molar refractivity (Wildman–Crippen MR) is 81.5 cm³/mol. The van der Waals surface area contributed by atoms with Crippen LogP contribution in [-0.2, 0) is 31.1 Å². The minimum Gasteiger partial charge on any atom is -0.0646 e. The molecule has 0 saturated carbocycles. The van der Waals surface area contributed by atoms with Crippen LogP contribution in [-0.4, -0.2) is 0 Å². The fraction of sp³-hybridized carbons (Fsp3) is 0.647. The van der Waals surface area contributed by atoms with E-state index in [2.05, 4.69) is 36.7 Å². The molecule has 1 heteroatoms. The summed E-state index contributed by atoms with van der Waals surface area (Å²) in [5.41, 5.74) is 8.78. The Morgan fingerprint density at radius 3 is 1.78 bits per heavy atom. The molecule has 0 bridgehead atoms. The molecule has 3 rings (SSSR count). The molecule has 0 nitrogen and oxygen atoms in total. The fourth-order valence-electron chi connectivity index (χ4n) is 3.88. The first-order valence-corrected chi connectivity index (χ1v) is 8.21. The van der Waals surface area contributed by atoms with Crippen LogP contribution in [0.2, 0.25) is 0 Å². The Bertz CT molecular complexity index is 462. The topological polar surface area (TPSA) is 0 Å². The van der Waals surface area contributed by atoms with Gasteiger partial charge in [0.2, 0.25) is 0 Å². The number of halogens is 1. The SMILES string of the molecule is CCC(C)(C)c1c2c(c(Br)c3c1CCC3)CCC2. The maximum atomic E-state index is 3.91. The summed E-state index contributed by atoms with van der Waals surface area (Å²) in [6.45, 7) is 7.21. The summed E-state index contributed by atoms with van der Waals surface area (Å²) in [6.07, 6.45) is 9.13. The molecule has 0 radical (unpaired) electrons. The molecule has 0 aliphatic heterocycles. The van der Waals surface area contributed by atoms with Gasteiger partial charge in [0.05, 0.1) is 0 Å². The number of benzene rings is 1. The Kier molecular flexibility index (Phi) is 3.09. The summed E-state index contributed by atoms with van der Waals surface area (Å²) < 4.78 is 1.47. The second-order valence-corrected chi connectivity index (χ2v) is 7.34. The van der Waals surface area contributed by atoms with Crippen LogP contribution in [0.3, 0.4) is 0 Å². The van der Waals surface area contributed by atoms with E-state index in [4.69, 9.17) is 0 Å². The maximum Gasteiger partial charge on any atom is 0.0245 e. The molecule has 0 unspecified atom stereocenters. The minimum absolute atomic E-state index is 0.351. The number of hydrogen-bond donors (Lipinski definition) is 0. The Morgan fingerprint density at radius 1 is 0.889 bits per heavy atom. The molecule has 0 heterocycles. The summed E-state index contributed by atoms with van der Waals surface area (Å²) in [6, 6.07) is 0. The third-order valence-electron chi connectivity index (χ3n) is 5.13. The molecule has 0 aromatic heterocycles. The summed E-state index contributed by atoms with van der Waals surface area (Å²) in [5, 5.41) is 0. The van der Waals surface area contributed by atoms with Gasteiger partial charge < -0.3 is 0 Å². The standard InChI is InChI=1S/C17H23Br/c1-4-17(2,3)15-11-7-5-9-13(11)16(18)14-10-6-8-12(14)15/h4-10H2,1-3H3. The van der Waals surface area contributed by atoms with E-state index >= 15 is 0 Å². The summed E-state index contributed by atoms with van der Waals surface area (Å²) >= 11 is 3.91. The van der Waals surface area contributed by atoms with Gasteiger partial charge in [0.15, 0.2) is 0 Å². The van der Waals surface area contributed by atoms with E-state index in [-0.39, 0.29) is 0 Å². The van der Waals surface area contributed by atoms with Crippen molar-refractivity contribution in [2.45, 2.75) is 71.1 Å². The maximum absolute atomic E-state index is 3.91. The highest BCUT2D eigenvalue weighted by molar-refractivity contribution is 9.10. The van der Waals surface area contributed by atoms with Crippen molar-refractivity contribution >= 4 is 15.9 Å². The van der Waals surface area contributed by atoms with E-state index in [1.807, 2.05) is 0 Å². The molecule has 18 heavy (non-hydrogen) atoms. The van der Waals surface area contributed by atoms with Gasteiger partial charge in [-0.1, -0.05) is 36.7 Å². The van der Waals surface area contributed by atoms with Gasteiger partial charge in [0, 0.05) is 4.47 Å². The third-order valence-corrected chi connectivity index (χ3v) is 6.09. The van der Waals surface area contributed by atoms with Crippen molar-refractivity contribution in [3.05, 3.63) is 32.3 Å². The molecule has 0 fully saturated rings. The molecular formula is C17H23Br. The lowest BCUT2D eigenvalue weighted by atomic mass is 9.75. The minimum atomic E-state index is 0.351. The lowest BCUT2D eigenvalue weighted by molar-refractivity contribution is 0.497. The first-order valence-electron chi connectivity index (χ1n) is 7.41. The fourth-order valence-corrected chi connectivity index (χ4v) is 4.76. The lowest BCUT2D eigenvalue weighted by Crippen LogP contribution is -2.21. The van der Waals surface area contributed by atoms with Crippen molar-refractivity contribution < 1.29 is 0 Å². The Labute approximate surface area is 119 Å². The number of rotatable bonds is 2. The van der Waals surface area contributed by atoms with E-state index in [0.29, 0.717) is 5.41 Å². The summed E-state index contributed by atoms with van der Waals surface area (Å²) in [5.74, 6) is 0. The molecule has 98 valence electrons. The summed E-state index contributed by atoms with van der Waals surface area (Å²) in [4.78, 5) is 0. The van der Waals surface area contributed by atoms with Crippen LogP contribution < -0.4 is 0 Å².